The Balaban J connectivity index is 3.87. The first kappa shape index (κ1) is 14.4. The molecule has 0 bridgehead atoms. The van der Waals surface area contributed by atoms with Crippen LogP contribution < -0.4 is 5.73 Å². The zero-order valence-electron chi connectivity index (χ0n) is 9.91. The van der Waals surface area contributed by atoms with Gasteiger partial charge in [-0.05, 0) is 13.3 Å². The summed E-state index contributed by atoms with van der Waals surface area (Å²) in [5, 5.41) is 8.84. The molecule has 0 fully saturated rings. The van der Waals surface area contributed by atoms with E-state index in [1.165, 1.54) is 12.8 Å². The molecule has 0 spiro atoms. The number of rotatable bonds is 8. The van der Waals surface area contributed by atoms with Crippen LogP contribution in [-0.2, 0) is 4.79 Å². The quantitative estimate of drug-likeness (QED) is 0.588. The van der Waals surface area contributed by atoms with E-state index in [1.807, 2.05) is 0 Å². The average molecular weight is 216 g/mol. The van der Waals surface area contributed by atoms with E-state index >= 15 is 0 Å². The summed E-state index contributed by atoms with van der Waals surface area (Å²) in [6.07, 6.45) is 4.50. The maximum atomic E-state index is 11.6. The van der Waals surface area contributed by atoms with Gasteiger partial charge in [0.25, 0.3) is 0 Å². The van der Waals surface area contributed by atoms with Crippen LogP contribution in [0.1, 0.15) is 39.5 Å². The zero-order valence-corrected chi connectivity index (χ0v) is 9.91. The van der Waals surface area contributed by atoms with Crippen LogP contribution in [0.5, 0.6) is 0 Å². The Labute approximate surface area is 92.4 Å². The van der Waals surface area contributed by atoms with Crippen molar-refractivity contribution in [2.24, 2.45) is 5.73 Å². The standard InChI is InChI=1S/C11H24N2O2/c1-3-4-5-6-7-13(8-9-14)11(15)10(2)12/h10,14H,3-9,12H2,1-2H3/t10-/m1/s1. The molecule has 0 rings (SSSR count). The summed E-state index contributed by atoms with van der Waals surface area (Å²) in [7, 11) is 0. The van der Waals surface area contributed by atoms with Crippen LogP contribution >= 0.6 is 0 Å². The van der Waals surface area contributed by atoms with Gasteiger partial charge in [0.1, 0.15) is 0 Å². The van der Waals surface area contributed by atoms with Crippen molar-refractivity contribution in [3.8, 4) is 0 Å². The van der Waals surface area contributed by atoms with Crippen molar-refractivity contribution in [2.75, 3.05) is 19.7 Å². The summed E-state index contributed by atoms with van der Waals surface area (Å²) in [5.74, 6) is -0.0689. The van der Waals surface area contributed by atoms with Crippen molar-refractivity contribution in [2.45, 2.75) is 45.6 Å². The molecule has 15 heavy (non-hydrogen) atoms. The highest BCUT2D eigenvalue weighted by Crippen LogP contribution is 2.02. The second kappa shape index (κ2) is 8.68. The first-order valence-electron chi connectivity index (χ1n) is 5.78. The monoisotopic (exact) mass is 216 g/mol. The largest absolute Gasteiger partial charge is 0.395 e. The second-order valence-corrected chi connectivity index (χ2v) is 3.90. The highest BCUT2D eigenvalue weighted by molar-refractivity contribution is 5.81. The van der Waals surface area contributed by atoms with Crippen molar-refractivity contribution >= 4 is 5.91 Å². The molecule has 4 heteroatoms. The lowest BCUT2D eigenvalue weighted by molar-refractivity contribution is -0.132. The van der Waals surface area contributed by atoms with Crippen LogP contribution in [0.2, 0.25) is 0 Å². The molecule has 0 aliphatic rings. The van der Waals surface area contributed by atoms with Gasteiger partial charge < -0.3 is 15.7 Å². The Morgan fingerprint density at radius 2 is 2.00 bits per heavy atom. The van der Waals surface area contributed by atoms with Gasteiger partial charge in [-0.25, -0.2) is 0 Å². The molecule has 4 nitrogen and oxygen atoms in total. The van der Waals surface area contributed by atoms with E-state index in [1.54, 1.807) is 11.8 Å². The SMILES string of the molecule is CCCCCCN(CCO)C(=O)[C@@H](C)N. The number of unbranched alkanes of at least 4 members (excludes halogenated alkanes) is 3. The minimum atomic E-state index is -0.470. The molecule has 0 unspecified atom stereocenters. The number of hydrogen-bond acceptors (Lipinski definition) is 3. The van der Waals surface area contributed by atoms with Gasteiger partial charge in [-0.15, -0.1) is 0 Å². The lowest BCUT2D eigenvalue weighted by atomic mass is 10.2. The van der Waals surface area contributed by atoms with E-state index in [4.69, 9.17) is 10.8 Å². The third kappa shape index (κ3) is 6.47. The number of amides is 1. The Kier molecular flexibility index (Phi) is 8.33. The fourth-order valence-electron chi connectivity index (χ4n) is 1.47. The predicted octanol–water partition coefficient (Wildman–Crippen LogP) is 0.735. The van der Waals surface area contributed by atoms with Gasteiger partial charge in [0.2, 0.25) is 5.91 Å². The van der Waals surface area contributed by atoms with Crippen molar-refractivity contribution in [3.05, 3.63) is 0 Å². The fraction of sp³-hybridized carbons (Fsp3) is 0.909. The highest BCUT2D eigenvalue weighted by Gasteiger charge is 2.15. The smallest absolute Gasteiger partial charge is 0.239 e. The molecule has 1 amide bonds. The third-order valence-electron chi connectivity index (χ3n) is 2.35. The van der Waals surface area contributed by atoms with Gasteiger partial charge in [-0.2, -0.15) is 0 Å². The van der Waals surface area contributed by atoms with E-state index in [-0.39, 0.29) is 12.5 Å². The number of aliphatic hydroxyl groups excluding tert-OH is 1. The van der Waals surface area contributed by atoms with Crippen molar-refractivity contribution in [3.63, 3.8) is 0 Å². The fourth-order valence-corrected chi connectivity index (χ4v) is 1.47. The molecule has 0 radical (unpaired) electrons. The lowest BCUT2D eigenvalue weighted by Crippen LogP contribution is -2.43. The van der Waals surface area contributed by atoms with Crippen molar-refractivity contribution < 1.29 is 9.90 Å². The van der Waals surface area contributed by atoms with Crippen LogP contribution in [-0.4, -0.2) is 41.7 Å². The molecule has 0 saturated carbocycles. The van der Waals surface area contributed by atoms with E-state index in [0.29, 0.717) is 13.1 Å². The number of aliphatic hydroxyl groups is 1. The molecular weight excluding hydrogens is 192 g/mol. The van der Waals surface area contributed by atoms with E-state index in [0.717, 1.165) is 12.8 Å². The summed E-state index contributed by atoms with van der Waals surface area (Å²) in [6.45, 7) is 4.94. The molecule has 0 aromatic rings. The number of carbonyl (C=O) groups excluding carboxylic acids is 1. The summed E-state index contributed by atoms with van der Waals surface area (Å²) in [5.41, 5.74) is 5.52. The highest BCUT2D eigenvalue weighted by atomic mass is 16.3. The molecule has 0 aliphatic heterocycles. The van der Waals surface area contributed by atoms with Gasteiger partial charge in [-0.3, -0.25) is 4.79 Å². The van der Waals surface area contributed by atoms with Gasteiger partial charge in [0.05, 0.1) is 12.6 Å². The average Bonchev–Trinajstić information content (AvgIpc) is 2.21. The van der Waals surface area contributed by atoms with Crippen LogP contribution in [0.25, 0.3) is 0 Å². The summed E-state index contributed by atoms with van der Waals surface area (Å²) in [4.78, 5) is 13.2. The topological polar surface area (TPSA) is 66.6 Å². The molecule has 90 valence electrons. The van der Waals surface area contributed by atoms with E-state index in [9.17, 15) is 4.79 Å². The van der Waals surface area contributed by atoms with Gasteiger partial charge >= 0.3 is 0 Å². The van der Waals surface area contributed by atoms with Crippen LogP contribution in [0.4, 0.5) is 0 Å². The maximum absolute atomic E-state index is 11.6. The predicted molar refractivity (Wildman–Crippen MR) is 61.5 cm³/mol. The lowest BCUT2D eigenvalue weighted by Gasteiger charge is -2.23. The van der Waals surface area contributed by atoms with Crippen LogP contribution in [0, 0.1) is 0 Å². The number of hydrogen-bond donors (Lipinski definition) is 2. The molecule has 0 saturated heterocycles. The summed E-state index contributed by atoms with van der Waals surface area (Å²) in [6, 6.07) is -0.470. The molecular formula is C11H24N2O2. The Morgan fingerprint density at radius 1 is 1.33 bits per heavy atom. The van der Waals surface area contributed by atoms with Crippen LogP contribution in [0.15, 0.2) is 0 Å². The molecule has 0 aromatic heterocycles. The number of nitrogens with zero attached hydrogens (tertiary/aromatic N) is 1. The van der Waals surface area contributed by atoms with Gasteiger partial charge in [-0.1, -0.05) is 26.2 Å². The maximum Gasteiger partial charge on any atom is 0.239 e. The minimum absolute atomic E-state index is 0.00619. The van der Waals surface area contributed by atoms with Crippen LogP contribution in [0.3, 0.4) is 0 Å². The molecule has 0 heterocycles. The summed E-state index contributed by atoms with van der Waals surface area (Å²) < 4.78 is 0. The zero-order chi connectivity index (χ0) is 11.7. The van der Waals surface area contributed by atoms with E-state index < -0.39 is 6.04 Å². The number of nitrogens with two attached hydrogens (primary N) is 1. The first-order valence-corrected chi connectivity index (χ1v) is 5.78. The van der Waals surface area contributed by atoms with Crippen molar-refractivity contribution in [1.82, 2.24) is 4.90 Å². The normalized spacial score (nSPS) is 12.5. The first-order chi connectivity index (χ1) is 7.13. The van der Waals surface area contributed by atoms with Gasteiger partial charge in [0.15, 0.2) is 0 Å². The third-order valence-corrected chi connectivity index (χ3v) is 2.35. The molecule has 0 aliphatic carbocycles. The minimum Gasteiger partial charge on any atom is -0.395 e. The summed E-state index contributed by atoms with van der Waals surface area (Å²) >= 11 is 0. The number of carbonyl (C=O) groups is 1. The molecule has 1 atom stereocenters. The molecule has 3 N–H and O–H groups in total. The second-order valence-electron chi connectivity index (χ2n) is 3.90. The molecule has 0 aromatic carbocycles. The Hall–Kier alpha value is -0.610. The Morgan fingerprint density at radius 3 is 2.47 bits per heavy atom. The van der Waals surface area contributed by atoms with Crippen molar-refractivity contribution in [1.29, 1.82) is 0 Å². The van der Waals surface area contributed by atoms with Gasteiger partial charge in [0, 0.05) is 13.1 Å². The van der Waals surface area contributed by atoms with E-state index in [2.05, 4.69) is 6.92 Å². The Bertz CT molecular complexity index is 172.